The molecule has 0 spiro atoms. The number of aromatic nitrogens is 2. The van der Waals surface area contributed by atoms with Gasteiger partial charge in [0.1, 0.15) is 0 Å². The van der Waals surface area contributed by atoms with Crippen LogP contribution in [0.1, 0.15) is 26.1 Å². The fourth-order valence-corrected chi connectivity index (χ4v) is 1.90. The highest BCUT2D eigenvalue weighted by atomic mass is 127. The molecule has 1 atom stereocenters. The van der Waals surface area contributed by atoms with Crippen LogP contribution in [0.5, 0.6) is 0 Å². The van der Waals surface area contributed by atoms with Crippen LogP contribution in [0.3, 0.4) is 0 Å². The Labute approximate surface area is 114 Å². The Morgan fingerprint density at radius 3 is 2.88 bits per heavy atom. The van der Waals surface area contributed by atoms with Crippen molar-refractivity contribution < 1.29 is 4.52 Å². The van der Waals surface area contributed by atoms with E-state index in [0.717, 1.165) is 15.6 Å². The molecule has 5 heteroatoms. The van der Waals surface area contributed by atoms with Crippen molar-refractivity contribution in [1.29, 1.82) is 0 Å². The first-order valence-corrected chi connectivity index (χ1v) is 6.50. The second-order valence-electron chi connectivity index (χ2n) is 4.20. The van der Waals surface area contributed by atoms with Crippen LogP contribution >= 0.6 is 22.6 Å². The normalized spacial score (nSPS) is 14.6. The van der Waals surface area contributed by atoms with Gasteiger partial charge in [-0.1, -0.05) is 18.1 Å². The maximum Gasteiger partial charge on any atom is 0.258 e. The molecule has 2 N–H and O–H groups in total. The molecule has 2 aromatic rings. The molecule has 17 heavy (non-hydrogen) atoms. The van der Waals surface area contributed by atoms with Gasteiger partial charge in [0.25, 0.3) is 5.89 Å². The van der Waals surface area contributed by atoms with Crippen molar-refractivity contribution in [3.8, 4) is 11.5 Å². The summed E-state index contributed by atoms with van der Waals surface area (Å²) in [6.07, 6.45) is 0.762. The Morgan fingerprint density at radius 1 is 1.47 bits per heavy atom. The highest BCUT2D eigenvalue weighted by Gasteiger charge is 2.25. The topological polar surface area (TPSA) is 64.9 Å². The minimum Gasteiger partial charge on any atom is -0.334 e. The van der Waals surface area contributed by atoms with Crippen LogP contribution in [0, 0.1) is 3.57 Å². The molecular formula is C12H14IN3O. The Hall–Kier alpha value is -0.950. The maximum atomic E-state index is 6.07. The lowest BCUT2D eigenvalue weighted by Gasteiger charge is -2.16. The summed E-state index contributed by atoms with van der Waals surface area (Å²) < 4.78 is 6.38. The zero-order chi connectivity index (χ0) is 12.5. The lowest BCUT2D eigenvalue weighted by molar-refractivity contribution is 0.379. The first-order valence-electron chi connectivity index (χ1n) is 5.42. The minimum absolute atomic E-state index is 0.517. The minimum atomic E-state index is -0.538. The number of rotatable bonds is 3. The van der Waals surface area contributed by atoms with E-state index in [1.807, 2.05) is 38.1 Å². The monoisotopic (exact) mass is 343 g/mol. The summed E-state index contributed by atoms with van der Waals surface area (Å²) in [7, 11) is 0. The lowest BCUT2D eigenvalue weighted by atomic mass is 10.0. The number of halogens is 1. The van der Waals surface area contributed by atoms with Gasteiger partial charge in [-0.05, 0) is 54.1 Å². The fraction of sp³-hybridized carbons (Fsp3) is 0.333. The van der Waals surface area contributed by atoms with Crippen LogP contribution in [0.25, 0.3) is 11.5 Å². The zero-order valence-electron chi connectivity index (χ0n) is 9.77. The van der Waals surface area contributed by atoms with Crippen molar-refractivity contribution in [2.24, 2.45) is 5.73 Å². The van der Waals surface area contributed by atoms with Crippen molar-refractivity contribution in [3.63, 3.8) is 0 Å². The molecule has 0 saturated heterocycles. The highest BCUT2D eigenvalue weighted by Crippen LogP contribution is 2.23. The third-order valence-corrected chi connectivity index (χ3v) is 3.41. The molecule has 0 saturated carbocycles. The van der Waals surface area contributed by atoms with Crippen LogP contribution in [0.2, 0.25) is 0 Å². The summed E-state index contributed by atoms with van der Waals surface area (Å²) in [5, 5.41) is 3.95. The van der Waals surface area contributed by atoms with Crippen LogP contribution in [0.4, 0.5) is 0 Å². The zero-order valence-corrected chi connectivity index (χ0v) is 11.9. The first-order chi connectivity index (χ1) is 8.03. The van der Waals surface area contributed by atoms with Crippen LogP contribution in [-0.4, -0.2) is 10.1 Å². The van der Waals surface area contributed by atoms with Gasteiger partial charge in [0.05, 0.1) is 5.54 Å². The molecule has 0 aliphatic rings. The molecule has 1 aromatic carbocycles. The number of benzene rings is 1. The largest absolute Gasteiger partial charge is 0.334 e. The molecule has 0 aliphatic heterocycles. The van der Waals surface area contributed by atoms with Crippen molar-refractivity contribution in [1.82, 2.24) is 10.1 Å². The number of hydrogen-bond acceptors (Lipinski definition) is 4. The van der Waals surface area contributed by atoms with Crippen molar-refractivity contribution in [2.75, 3.05) is 0 Å². The number of hydrogen-bond donors (Lipinski definition) is 1. The first kappa shape index (κ1) is 12.5. The summed E-state index contributed by atoms with van der Waals surface area (Å²) in [5.41, 5.74) is 6.45. The second kappa shape index (κ2) is 4.73. The third kappa shape index (κ3) is 2.66. The van der Waals surface area contributed by atoms with Crippen molar-refractivity contribution in [2.45, 2.75) is 25.8 Å². The van der Waals surface area contributed by atoms with E-state index < -0.39 is 5.54 Å². The molecule has 0 amide bonds. The number of nitrogens with two attached hydrogens (primary N) is 1. The van der Waals surface area contributed by atoms with E-state index in [0.29, 0.717) is 11.7 Å². The summed E-state index contributed by atoms with van der Waals surface area (Å²) >= 11 is 2.25. The van der Waals surface area contributed by atoms with Gasteiger partial charge in [-0.3, -0.25) is 0 Å². The fourth-order valence-electron chi connectivity index (χ4n) is 1.35. The van der Waals surface area contributed by atoms with Crippen LogP contribution in [0.15, 0.2) is 28.8 Å². The Kier molecular flexibility index (Phi) is 3.48. The standard InChI is InChI=1S/C12H14IN3O/c1-3-12(2,14)11-15-10(17-16-11)8-5-4-6-9(13)7-8/h4-7H,3,14H2,1-2H3. The van der Waals surface area contributed by atoms with E-state index in [2.05, 4.69) is 32.7 Å². The molecular weight excluding hydrogens is 329 g/mol. The number of nitrogens with zero attached hydrogens (tertiary/aromatic N) is 2. The van der Waals surface area contributed by atoms with E-state index in [-0.39, 0.29) is 0 Å². The van der Waals surface area contributed by atoms with Crippen LogP contribution < -0.4 is 5.73 Å². The Morgan fingerprint density at radius 2 is 2.24 bits per heavy atom. The van der Waals surface area contributed by atoms with Gasteiger partial charge in [0, 0.05) is 9.13 Å². The predicted octanol–water partition coefficient (Wildman–Crippen LogP) is 2.93. The van der Waals surface area contributed by atoms with E-state index in [1.54, 1.807) is 0 Å². The second-order valence-corrected chi connectivity index (χ2v) is 5.45. The predicted molar refractivity (Wildman–Crippen MR) is 74.3 cm³/mol. The average Bonchev–Trinajstić information content (AvgIpc) is 2.79. The van der Waals surface area contributed by atoms with E-state index in [1.165, 1.54) is 0 Å². The Bertz CT molecular complexity index is 522. The average molecular weight is 343 g/mol. The maximum absolute atomic E-state index is 6.07. The SMILES string of the molecule is CCC(C)(N)c1noc(-c2cccc(I)c2)n1. The smallest absolute Gasteiger partial charge is 0.258 e. The van der Waals surface area contributed by atoms with Gasteiger partial charge in [-0.25, -0.2) is 0 Å². The Balaban J connectivity index is 2.36. The molecule has 0 fully saturated rings. The molecule has 1 unspecified atom stereocenters. The molecule has 4 nitrogen and oxygen atoms in total. The van der Waals surface area contributed by atoms with Gasteiger partial charge in [0.15, 0.2) is 5.82 Å². The van der Waals surface area contributed by atoms with Gasteiger partial charge in [-0.15, -0.1) is 0 Å². The molecule has 90 valence electrons. The highest BCUT2D eigenvalue weighted by molar-refractivity contribution is 14.1. The molecule has 1 aromatic heterocycles. The summed E-state index contributed by atoms with van der Waals surface area (Å²) in [5.74, 6) is 1.07. The van der Waals surface area contributed by atoms with E-state index in [9.17, 15) is 0 Å². The van der Waals surface area contributed by atoms with E-state index in [4.69, 9.17) is 10.3 Å². The lowest BCUT2D eigenvalue weighted by Crippen LogP contribution is -2.33. The van der Waals surface area contributed by atoms with Gasteiger partial charge in [0.2, 0.25) is 0 Å². The summed E-state index contributed by atoms with van der Waals surface area (Å²) in [6, 6.07) is 7.92. The molecule has 1 heterocycles. The van der Waals surface area contributed by atoms with Gasteiger partial charge in [-0.2, -0.15) is 4.98 Å². The van der Waals surface area contributed by atoms with Crippen molar-refractivity contribution in [3.05, 3.63) is 33.7 Å². The van der Waals surface area contributed by atoms with Crippen LogP contribution in [-0.2, 0) is 5.54 Å². The van der Waals surface area contributed by atoms with Crippen molar-refractivity contribution >= 4 is 22.6 Å². The molecule has 2 rings (SSSR count). The van der Waals surface area contributed by atoms with E-state index >= 15 is 0 Å². The molecule has 0 bridgehead atoms. The van der Waals surface area contributed by atoms with Gasteiger partial charge < -0.3 is 10.3 Å². The summed E-state index contributed by atoms with van der Waals surface area (Å²) in [6.45, 7) is 3.90. The third-order valence-electron chi connectivity index (χ3n) is 2.74. The molecule has 0 radical (unpaired) electrons. The summed E-state index contributed by atoms with van der Waals surface area (Å²) in [4.78, 5) is 4.36. The molecule has 0 aliphatic carbocycles. The quantitative estimate of drug-likeness (QED) is 0.871. The van der Waals surface area contributed by atoms with Gasteiger partial charge >= 0.3 is 0 Å².